The molecule has 0 spiro atoms. The first-order valence-electron chi connectivity index (χ1n) is 4.54. The van der Waals surface area contributed by atoms with Crippen molar-refractivity contribution >= 4 is 11.6 Å². The van der Waals surface area contributed by atoms with Crippen LogP contribution in [0.1, 0.15) is 12.5 Å². The molecule has 2 nitrogen and oxygen atoms in total. The van der Waals surface area contributed by atoms with Crippen LogP contribution >= 0.6 is 11.6 Å². The molecule has 0 heterocycles. The monoisotopic (exact) mass is 210 g/mol. The van der Waals surface area contributed by atoms with E-state index in [1.165, 1.54) is 5.56 Å². The standard InChI is InChI=1S/C11H15ClN2/c1-9(13-2)7-14-8-10-3-5-11(12)6-4-10/h3-7,13-14H,8H2,1-2H3/b9-7+. The van der Waals surface area contributed by atoms with Gasteiger partial charge in [0.25, 0.3) is 0 Å². The molecule has 0 saturated heterocycles. The molecule has 1 rings (SSSR count). The van der Waals surface area contributed by atoms with E-state index in [-0.39, 0.29) is 0 Å². The Balaban J connectivity index is 2.42. The molecule has 0 atom stereocenters. The molecule has 14 heavy (non-hydrogen) atoms. The van der Waals surface area contributed by atoms with Gasteiger partial charge in [-0.1, -0.05) is 23.7 Å². The number of allylic oxidation sites excluding steroid dienone is 1. The van der Waals surface area contributed by atoms with Crippen LogP contribution in [0.15, 0.2) is 36.2 Å². The van der Waals surface area contributed by atoms with Crippen molar-refractivity contribution in [1.82, 2.24) is 10.6 Å². The molecule has 0 aliphatic rings. The van der Waals surface area contributed by atoms with Gasteiger partial charge in [0.05, 0.1) is 0 Å². The molecule has 0 amide bonds. The van der Waals surface area contributed by atoms with E-state index >= 15 is 0 Å². The van der Waals surface area contributed by atoms with Crippen molar-refractivity contribution in [3.8, 4) is 0 Å². The lowest BCUT2D eigenvalue weighted by molar-refractivity contribution is 0.837. The van der Waals surface area contributed by atoms with Crippen LogP contribution in [0.5, 0.6) is 0 Å². The molecule has 2 N–H and O–H groups in total. The zero-order valence-electron chi connectivity index (χ0n) is 8.47. The van der Waals surface area contributed by atoms with Crippen molar-refractivity contribution in [3.05, 3.63) is 46.7 Å². The van der Waals surface area contributed by atoms with Gasteiger partial charge in [0.1, 0.15) is 0 Å². The highest BCUT2D eigenvalue weighted by molar-refractivity contribution is 6.30. The second kappa shape index (κ2) is 5.55. The van der Waals surface area contributed by atoms with Crippen molar-refractivity contribution in [2.45, 2.75) is 13.5 Å². The fourth-order valence-corrected chi connectivity index (χ4v) is 1.12. The summed E-state index contributed by atoms with van der Waals surface area (Å²) in [5, 5.41) is 7.02. The molecule has 0 aliphatic heterocycles. The lowest BCUT2D eigenvalue weighted by atomic mass is 10.2. The molecule has 1 aromatic carbocycles. The second-order valence-corrected chi connectivity index (χ2v) is 3.52. The number of halogens is 1. The molecule has 0 aromatic heterocycles. The first-order chi connectivity index (χ1) is 6.72. The number of benzene rings is 1. The van der Waals surface area contributed by atoms with Gasteiger partial charge in [-0.05, 0) is 24.6 Å². The van der Waals surface area contributed by atoms with Crippen molar-refractivity contribution in [3.63, 3.8) is 0 Å². The Morgan fingerprint density at radius 2 is 2.00 bits per heavy atom. The van der Waals surface area contributed by atoms with Gasteiger partial charge in [0.2, 0.25) is 0 Å². The minimum absolute atomic E-state index is 0.774. The molecular weight excluding hydrogens is 196 g/mol. The number of hydrogen-bond acceptors (Lipinski definition) is 2. The lowest BCUT2D eigenvalue weighted by Gasteiger charge is -2.03. The van der Waals surface area contributed by atoms with Gasteiger partial charge in [-0.2, -0.15) is 0 Å². The number of hydrogen-bond donors (Lipinski definition) is 2. The fourth-order valence-electron chi connectivity index (χ4n) is 0.996. The van der Waals surface area contributed by atoms with Crippen molar-refractivity contribution < 1.29 is 0 Å². The van der Waals surface area contributed by atoms with E-state index in [0.29, 0.717) is 0 Å². The Morgan fingerprint density at radius 3 is 2.57 bits per heavy atom. The first-order valence-corrected chi connectivity index (χ1v) is 4.92. The van der Waals surface area contributed by atoms with E-state index in [4.69, 9.17) is 11.6 Å². The summed E-state index contributed by atoms with van der Waals surface area (Å²) in [4.78, 5) is 0. The molecule has 0 unspecified atom stereocenters. The van der Waals surface area contributed by atoms with E-state index in [9.17, 15) is 0 Å². The summed E-state index contributed by atoms with van der Waals surface area (Å²) in [7, 11) is 1.90. The molecule has 0 radical (unpaired) electrons. The van der Waals surface area contributed by atoms with E-state index in [2.05, 4.69) is 10.6 Å². The third kappa shape index (κ3) is 3.71. The summed E-state index contributed by atoms with van der Waals surface area (Å²) in [6, 6.07) is 7.82. The SMILES string of the molecule is CN/C(C)=C/NCc1ccc(Cl)cc1. The molecule has 0 aliphatic carbocycles. The Hall–Kier alpha value is -1.15. The summed E-state index contributed by atoms with van der Waals surface area (Å²) in [5.41, 5.74) is 2.33. The average Bonchev–Trinajstić information content (AvgIpc) is 2.21. The zero-order chi connectivity index (χ0) is 10.4. The summed E-state index contributed by atoms with van der Waals surface area (Å²) in [5.74, 6) is 0. The zero-order valence-corrected chi connectivity index (χ0v) is 9.23. The third-order valence-corrected chi connectivity index (χ3v) is 2.18. The highest BCUT2D eigenvalue weighted by Gasteiger charge is 1.90. The van der Waals surface area contributed by atoms with Crippen LogP contribution in [0.4, 0.5) is 0 Å². The number of rotatable bonds is 4. The summed E-state index contributed by atoms with van der Waals surface area (Å²) in [6.45, 7) is 2.82. The van der Waals surface area contributed by atoms with Gasteiger partial charge in [-0.15, -0.1) is 0 Å². The Bertz CT molecular complexity index is 304. The van der Waals surface area contributed by atoms with E-state index < -0.39 is 0 Å². The largest absolute Gasteiger partial charge is 0.390 e. The highest BCUT2D eigenvalue weighted by Crippen LogP contribution is 2.08. The van der Waals surface area contributed by atoms with Gasteiger partial charge in [-0.25, -0.2) is 0 Å². The molecule has 3 heteroatoms. The van der Waals surface area contributed by atoms with Gasteiger partial charge >= 0.3 is 0 Å². The van der Waals surface area contributed by atoms with E-state index in [1.54, 1.807) is 0 Å². The van der Waals surface area contributed by atoms with Crippen molar-refractivity contribution in [1.29, 1.82) is 0 Å². The fraction of sp³-hybridized carbons (Fsp3) is 0.273. The topological polar surface area (TPSA) is 24.1 Å². The van der Waals surface area contributed by atoms with Crippen molar-refractivity contribution in [2.24, 2.45) is 0 Å². The first kappa shape index (κ1) is 10.9. The predicted octanol–water partition coefficient (Wildman–Crippen LogP) is 2.51. The Morgan fingerprint density at radius 1 is 1.36 bits per heavy atom. The summed E-state index contributed by atoms with van der Waals surface area (Å²) in [6.07, 6.45) is 1.95. The normalized spacial score (nSPS) is 11.2. The second-order valence-electron chi connectivity index (χ2n) is 3.08. The maximum atomic E-state index is 5.78. The quantitative estimate of drug-likeness (QED) is 0.798. The van der Waals surface area contributed by atoms with Gasteiger partial charge in [0, 0.05) is 30.5 Å². The average molecular weight is 211 g/mol. The maximum Gasteiger partial charge on any atom is 0.0406 e. The molecule has 0 saturated carbocycles. The van der Waals surface area contributed by atoms with Gasteiger partial charge in [0.15, 0.2) is 0 Å². The van der Waals surface area contributed by atoms with E-state index in [0.717, 1.165) is 17.3 Å². The van der Waals surface area contributed by atoms with Crippen LogP contribution in [0, 0.1) is 0 Å². The van der Waals surface area contributed by atoms with Gasteiger partial charge in [-0.3, -0.25) is 0 Å². The minimum Gasteiger partial charge on any atom is -0.390 e. The molecule has 1 aromatic rings. The minimum atomic E-state index is 0.774. The van der Waals surface area contributed by atoms with Crippen molar-refractivity contribution in [2.75, 3.05) is 7.05 Å². The van der Waals surface area contributed by atoms with Crippen LogP contribution in [-0.4, -0.2) is 7.05 Å². The Kier molecular flexibility index (Phi) is 4.33. The highest BCUT2D eigenvalue weighted by atomic mass is 35.5. The van der Waals surface area contributed by atoms with Crippen LogP contribution < -0.4 is 10.6 Å². The predicted molar refractivity (Wildman–Crippen MR) is 61.1 cm³/mol. The van der Waals surface area contributed by atoms with Gasteiger partial charge < -0.3 is 10.6 Å². The van der Waals surface area contributed by atoms with Crippen LogP contribution in [-0.2, 0) is 6.54 Å². The van der Waals surface area contributed by atoms with Crippen LogP contribution in [0.25, 0.3) is 0 Å². The molecule has 0 bridgehead atoms. The molecule has 76 valence electrons. The van der Waals surface area contributed by atoms with Crippen LogP contribution in [0.3, 0.4) is 0 Å². The van der Waals surface area contributed by atoms with E-state index in [1.807, 2.05) is 44.4 Å². The Labute approximate surface area is 90.0 Å². The molecule has 0 fully saturated rings. The van der Waals surface area contributed by atoms with Crippen LogP contribution in [0.2, 0.25) is 5.02 Å². The third-order valence-electron chi connectivity index (χ3n) is 1.93. The number of nitrogens with one attached hydrogen (secondary N) is 2. The maximum absolute atomic E-state index is 5.78. The lowest BCUT2D eigenvalue weighted by Crippen LogP contribution is -2.10. The smallest absolute Gasteiger partial charge is 0.0406 e. The summed E-state index contributed by atoms with van der Waals surface area (Å²) < 4.78 is 0. The molecular formula is C11H15ClN2. The summed E-state index contributed by atoms with van der Waals surface area (Å²) >= 11 is 5.78.